The Hall–Kier alpha value is -1.65. The van der Waals surface area contributed by atoms with Crippen molar-refractivity contribution in [1.82, 2.24) is 9.78 Å². The Labute approximate surface area is 93.8 Å². The van der Waals surface area contributed by atoms with Gasteiger partial charge in [-0.2, -0.15) is 5.10 Å². The van der Waals surface area contributed by atoms with Gasteiger partial charge in [0.1, 0.15) is 11.6 Å². The molecule has 1 fully saturated rings. The van der Waals surface area contributed by atoms with Gasteiger partial charge in [0.25, 0.3) is 0 Å². The zero-order valence-electron chi connectivity index (χ0n) is 9.27. The van der Waals surface area contributed by atoms with Crippen molar-refractivity contribution in [1.29, 1.82) is 0 Å². The number of hydrogen-bond acceptors (Lipinski definition) is 3. The van der Waals surface area contributed by atoms with Crippen LogP contribution >= 0.6 is 0 Å². The van der Waals surface area contributed by atoms with Crippen molar-refractivity contribution in [3.63, 3.8) is 0 Å². The second-order valence-electron chi connectivity index (χ2n) is 4.14. The van der Waals surface area contributed by atoms with Crippen LogP contribution < -0.4 is 5.32 Å². The van der Waals surface area contributed by atoms with Crippen LogP contribution in [0.1, 0.15) is 25.7 Å². The van der Waals surface area contributed by atoms with Crippen LogP contribution in [0.25, 0.3) is 0 Å². The third kappa shape index (κ3) is 2.29. The lowest BCUT2D eigenvalue weighted by Crippen LogP contribution is -2.27. The minimum Gasteiger partial charge on any atom is -0.311 e. The molecule has 0 bridgehead atoms. The van der Waals surface area contributed by atoms with Gasteiger partial charge in [0.05, 0.1) is 6.20 Å². The molecular formula is C11H15N3O2. The second kappa shape index (κ2) is 4.47. The normalized spacial score (nSPS) is 17.4. The Bertz CT molecular complexity index is 401. The third-order valence-corrected chi connectivity index (χ3v) is 2.99. The molecule has 1 aliphatic carbocycles. The highest BCUT2D eigenvalue weighted by Crippen LogP contribution is 2.22. The maximum absolute atomic E-state index is 11.9. The van der Waals surface area contributed by atoms with E-state index in [9.17, 15) is 9.59 Å². The number of aryl methyl sites for hydroxylation is 1. The molecule has 1 saturated carbocycles. The molecule has 5 heteroatoms. The van der Waals surface area contributed by atoms with Gasteiger partial charge in [-0.05, 0) is 12.8 Å². The number of Topliss-reactive ketones (excluding diaryl/α,β-unsaturated/α-hetero) is 1. The summed E-state index contributed by atoms with van der Waals surface area (Å²) in [6.45, 7) is 0. The molecule has 16 heavy (non-hydrogen) atoms. The highest BCUT2D eigenvalue weighted by molar-refractivity contribution is 5.93. The van der Waals surface area contributed by atoms with Gasteiger partial charge >= 0.3 is 0 Å². The van der Waals surface area contributed by atoms with Gasteiger partial charge in [-0.3, -0.25) is 14.3 Å². The monoisotopic (exact) mass is 221 g/mol. The lowest BCUT2D eigenvalue weighted by molar-refractivity contribution is -0.125. The summed E-state index contributed by atoms with van der Waals surface area (Å²) in [5, 5.41) is 6.80. The molecule has 0 radical (unpaired) electrons. The average Bonchev–Trinajstić information content (AvgIpc) is 2.65. The Morgan fingerprint density at radius 1 is 1.50 bits per heavy atom. The summed E-state index contributed by atoms with van der Waals surface area (Å²) in [5.74, 6) is 0.926. The Morgan fingerprint density at radius 2 is 2.19 bits per heavy atom. The van der Waals surface area contributed by atoms with Gasteiger partial charge in [-0.15, -0.1) is 0 Å². The first-order valence-electron chi connectivity index (χ1n) is 5.47. The number of carbonyl (C=O) groups is 2. The molecule has 1 aromatic heterocycles. The largest absolute Gasteiger partial charge is 0.311 e. The zero-order chi connectivity index (χ0) is 11.5. The molecule has 0 aliphatic heterocycles. The molecule has 5 nitrogen and oxygen atoms in total. The van der Waals surface area contributed by atoms with Gasteiger partial charge in [-0.1, -0.05) is 0 Å². The van der Waals surface area contributed by atoms with Gasteiger partial charge < -0.3 is 5.32 Å². The first-order chi connectivity index (χ1) is 7.66. The van der Waals surface area contributed by atoms with E-state index in [4.69, 9.17) is 0 Å². The number of hydrogen-bond donors (Lipinski definition) is 1. The fourth-order valence-corrected chi connectivity index (χ4v) is 1.93. The quantitative estimate of drug-likeness (QED) is 0.813. The summed E-state index contributed by atoms with van der Waals surface area (Å²) in [7, 11) is 1.78. The van der Waals surface area contributed by atoms with Crippen molar-refractivity contribution in [3.05, 3.63) is 12.3 Å². The van der Waals surface area contributed by atoms with Crippen molar-refractivity contribution >= 4 is 17.5 Å². The molecule has 0 spiro atoms. The Kier molecular flexibility index (Phi) is 3.03. The number of carbonyl (C=O) groups excluding carboxylic acids is 2. The number of aromatic nitrogens is 2. The van der Waals surface area contributed by atoms with Crippen LogP contribution in [0.3, 0.4) is 0 Å². The van der Waals surface area contributed by atoms with E-state index < -0.39 is 0 Å². The minimum absolute atomic E-state index is 0.00361. The maximum atomic E-state index is 11.9. The van der Waals surface area contributed by atoms with Crippen LogP contribution in [0.4, 0.5) is 5.82 Å². The van der Waals surface area contributed by atoms with E-state index in [2.05, 4.69) is 10.4 Å². The predicted molar refractivity (Wildman–Crippen MR) is 58.8 cm³/mol. The highest BCUT2D eigenvalue weighted by Gasteiger charge is 2.25. The third-order valence-electron chi connectivity index (χ3n) is 2.99. The van der Waals surface area contributed by atoms with Gasteiger partial charge in [0.2, 0.25) is 5.91 Å². The number of nitrogens with zero attached hydrogens (tertiary/aromatic N) is 2. The standard InChI is InChI=1S/C11H15N3O2/c1-14-10(6-7-12-14)13-11(16)8-2-4-9(15)5-3-8/h6-8H,2-5H2,1H3,(H,13,16). The molecule has 1 aliphatic rings. The smallest absolute Gasteiger partial charge is 0.228 e. The highest BCUT2D eigenvalue weighted by atomic mass is 16.2. The van der Waals surface area contributed by atoms with E-state index >= 15 is 0 Å². The molecule has 0 unspecified atom stereocenters. The summed E-state index contributed by atoms with van der Waals surface area (Å²) in [6.07, 6.45) is 4.04. The summed E-state index contributed by atoms with van der Waals surface area (Å²) in [5.41, 5.74) is 0. The first kappa shape index (κ1) is 10.9. The van der Waals surface area contributed by atoms with Crippen molar-refractivity contribution in [3.8, 4) is 0 Å². The van der Waals surface area contributed by atoms with Gasteiger partial charge in [0.15, 0.2) is 0 Å². The fraction of sp³-hybridized carbons (Fsp3) is 0.545. The number of rotatable bonds is 2. The lowest BCUT2D eigenvalue weighted by atomic mass is 9.88. The lowest BCUT2D eigenvalue weighted by Gasteiger charge is -2.19. The van der Waals surface area contributed by atoms with Crippen LogP contribution in [0.2, 0.25) is 0 Å². The van der Waals surface area contributed by atoms with E-state index in [0.717, 1.165) is 0 Å². The van der Waals surface area contributed by atoms with Crippen LogP contribution in [0.15, 0.2) is 12.3 Å². The number of ketones is 1. The maximum Gasteiger partial charge on any atom is 0.228 e. The van der Waals surface area contributed by atoms with Crippen LogP contribution in [0, 0.1) is 5.92 Å². The average molecular weight is 221 g/mol. The van der Waals surface area contributed by atoms with Gasteiger partial charge in [-0.25, -0.2) is 0 Å². The minimum atomic E-state index is -0.0346. The van der Waals surface area contributed by atoms with E-state index in [1.54, 1.807) is 24.0 Å². The molecule has 1 N–H and O–H groups in total. The molecular weight excluding hydrogens is 206 g/mol. The molecule has 2 rings (SSSR count). The van der Waals surface area contributed by atoms with E-state index in [0.29, 0.717) is 31.5 Å². The molecule has 1 amide bonds. The number of nitrogens with one attached hydrogen (secondary N) is 1. The summed E-state index contributed by atoms with van der Waals surface area (Å²) in [4.78, 5) is 22.9. The van der Waals surface area contributed by atoms with Crippen LogP contribution in [-0.4, -0.2) is 21.5 Å². The van der Waals surface area contributed by atoms with Crippen molar-refractivity contribution < 1.29 is 9.59 Å². The zero-order valence-corrected chi connectivity index (χ0v) is 9.27. The van der Waals surface area contributed by atoms with E-state index in [-0.39, 0.29) is 17.6 Å². The SMILES string of the molecule is Cn1nccc1NC(=O)C1CCC(=O)CC1. The number of anilines is 1. The molecule has 86 valence electrons. The van der Waals surface area contributed by atoms with Crippen molar-refractivity contribution in [2.24, 2.45) is 13.0 Å². The van der Waals surface area contributed by atoms with Gasteiger partial charge in [0, 0.05) is 31.9 Å². The number of amides is 1. The van der Waals surface area contributed by atoms with E-state index in [1.807, 2.05) is 0 Å². The predicted octanol–water partition coefficient (Wildman–Crippen LogP) is 1.12. The van der Waals surface area contributed by atoms with Crippen LogP contribution in [-0.2, 0) is 16.6 Å². The van der Waals surface area contributed by atoms with E-state index in [1.165, 1.54) is 0 Å². The Balaban J connectivity index is 1.93. The molecule has 1 heterocycles. The van der Waals surface area contributed by atoms with Crippen molar-refractivity contribution in [2.45, 2.75) is 25.7 Å². The topological polar surface area (TPSA) is 64.0 Å². The first-order valence-corrected chi connectivity index (χ1v) is 5.47. The molecule has 0 aromatic carbocycles. The fourth-order valence-electron chi connectivity index (χ4n) is 1.93. The molecule has 0 atom stereocenters. The Morgan fingerprint density at radius 3 is 2.75 bits per heavy atom. The second-order valence-corrected chi connectivity index (χ2v) is 4.14. The molecule has 1 aromatic rings. The molecule has 0 saturated heterocycles. The summed E-state index contributed by atoms with van der Waals surface area (Å²) in [6, 6.07) is 1.76. The summed E-state index contributed by atoms with van der Waals surface area (Å²) < 4.78 is 1.62. The van der Waals surface area contributed by atoms with Crippen molar-refractivity contribution in [2.75, 3.05) is 5.32 Å². The van der Waals surface area contributed by atoms with Crippen LogP contribution in [0.5, 0.6) is 0 Å². The summed E-state index contributed by atoms with van der Waals surface area (Å²) >= 11 is 0.